The summed E-state index contributed by atoms with van der Waals surface area (Å²) in [4.78, 5) is 32.1. The number of aliphatic hydroxyl groups excluding tert-OH is 1. The number of ketones is 1. The molecule has 160 valence electrons. The van der Waals surface area contributed by atoms with Crippen LogP contribution in [0, 0.1) is 6.92 Å². The molecule has 32 heavy (non-hydrogen) atoms. The summed E-state index contributed by atoms with van der Waals surface area (Å²) >= 11 is 1.26. The molecule has 1 aliphatic rings. The summed E-state index contributed by atoms with van der Waals surface area (Å²) < 4.78 is 11.7. The van der Waals surface area contributed by atoms with Gasteiger partial charge in [-0.05, 0) is 37.3 Å². The zero-order valence-electron chi connectivity index (χ0n) is 17.2. The Morgan fingerprint density at radius 1 is 1.16 bits per heavy atom. The van der Waals surface area contributed by atoms with Gasteiger partial charge in [-0.15, -0.1) is 0 Å². The minimum Gasteiger partial charge on any atom is -0.507 e. The Bertz CT molecular complexity index is 1370. The van der Waals surface area contributed by atoms with E-state index in [-0.39, 0.29) is 11.3 Å². The molecular formula is C24H18N2O5S. The number of anilines is 1. The number of aromatic nitrogens is 1. The Kier molecular flexibility index (Phi) is 4.79. The zero-order valence-corrected chi connectivity index (χ0v) is 18.1. The highest BCUT2D eigenvalue weighted by molar-refractivity contribution is 7.22. The van der Waals surface area contributed by atoms with Crippen molar-refractivity contribution in [2.24, 2.45) is 0 Å². The molecule has 1 saturated heterocycles. The van der Waals surface area contributed by atoms with E-state index in [1.165, 1.54) is 22.5 Å². The third-order valence-electron chi connectivity index (χ3n) is 5.37. The number of amides is 1. The van der Waals surface area contributed by atoms with Gasteiger partial charge < -0.3 is 14.3 Å². The van der Waals surface area contributed by atoms with Crippen molar-refractivity contribution in [1.29, 1.82) is 0 Å². The van der Waals surface area contributed by atoms with Crippen molar-refractivity contribution in [3.05, 3.63) is 83.3 Å². The second kappa shape index (κ2) is 7.65. The van der Waals surface area contributed by atoms with Crippen molar-refractivity contribution >= 4 is 44.1 Å². The van der Waals surface area contributed by atoms with Gasteiger partial charge in [-0.3, -0.25) is 14.5 Å². The number of fused-ring (bicyclic) bond motifs is 1. The molecule has 2 aromatic heterocycles. The number of benzene rings is 2. The SMILES string of the molecule is COc1ccc2nc(N3C(=O)C(=O)/C(=C(/O)c4ccc(C)cc4)C3c3ccco3)sc2c1. The second-order valence-corrected chi connectivity index (χ2v) is 8.39. The standard InChI is InChI=1S/C24H18N2O5S/c1-13-5-7-14(8-6-13)21(27)19-20(17-4-3-11-31-17)26(23(29)22(19)28)24-25-16-10-9-15(30-2)12-18(16)32-24/h3-12,20,27H,1-2H3/b21-19+. The number of carbonyl (C=O) groups is 2. The van der Waals surface area contributed by atoms with Gasteiger partial charge in [0.2, 0.25) is 0 Å². The van der Waals surface area contributed by atoms with Crippen molar-refractivity contribution in [1.82, 2.24) is 4.98 Å². The van der Waals surface area contributed by atoms with Crippen LogP contribution in [-0.4, -0.2) is 28.9 Å². The van der Waals surface area contributed by atoms with Gasteiger partial charge in [0.05, 0.1) is 29.2 Å². The van der Waals surface area contributed by atoms with E-state index in [2.05, 4.69) is 4.98 Å². The molecule has 0 aliphatic carbocycles. The zero-order chi connectivity index (χ0) is 22.4. The fraction of sp³-hybridized carbons (Fsp3) is 0.125. The number of methoxy groups -OCH3 is 1. The van der Waals surface area contributed by atoms with Crippen molar-refractivity contribution in [3.8, 4) is 5.75 Å². The van der Waals surface area contributed by atoms with Gasteiger partial charge in [0.1, 0.15) is 23.3 Å². The molecule has 8 heteroatoms. The molecule has 0 saturated carbocycles. The molecule has 2 aromatic carbocycles. The van der Waals surface area contributed by atoms with Gasteiger partial charge in [-0.1, -0.05) is 41.2 Å². The van der Waals surface area contributed by atoms with Crippen LogP contribution in [0.15, 0.2) is 70.9 Å². The molecule has 1 amide bonds. The normalized spacial score (nSPS) is 17.9. The summed E-state index contributed by atoms with van der Waals surface area (Å²) in [6.45, 7) is 1.92. The number of Topliss-reactive ketones (excluding diaryl/α,β-unsaturated/α-hetero) is 1. The van der Waals surface area contributed by atoms with E-state index in [0.29, 0.717) is 27.7 Å². The van der Waals surface area contributed by atoms with Crippen molar-refractivity contribution in [2.75, 3.05) is 12.0 Å². The Balaban J connectivity index is 1.69. The van der Waals surface area contributed by atoms with E-state index < -0.39 is 17.7 Å². The lowest BCUT2D eigenvalue weighted by Crippen LogP contribution is -2.29. The van der Waals surface area contributed by atoms with E-state index in [1.54, 1.807) is 43.5 Å². The summed E-state index contributed by atoms with van der Waals surface area (Å²) in [6, 6.07) is 14.9. The van der Waals surface area contributed by atoms with Crippen molar-refractivity contribution in [2.45, 2.75) is 13.0 Å². The Hall–Kier alpha value is -3.91. The number of aryl methyl sites for hydroxylation is 1. The van der Waals surface area contributed by atoms with E-state index in [1.807, 2.05) is 25.1 Å². The highest BCUT2D eigenvalue weighted by atomic mass is 32.1. The number of ether oxygens (including phenoxy) is 1. The first-order chi connectivity index (χ1) is 15.5. The first-order valence-corrected chi connectivity index (χ1v) is 10.7. The van der Waals surface area contributed by atoms with Crippen molar-refractivity contribution < 1.29 is 23.8 Å². The van der Waals surface area contributed by atoms with Gasteiger partial charge in [0.25, 0.3) is 5.78 Å². The lowest BCUT2D eigenvalue weighted by atomic mass is 9.99. The second-order valence-electron chi connectivity index (χ2n) is 7.38. The van der Waals surface area contributed by atoms with Crippen LogP contribution < -0.4 is 9.64 Å². The van der Waals surface area contributed by atoms with Crippen LogP contribution >= 0.6 is 11.3 Å². The molecule has 5 rings (SSSR count). The highest BCUT2D eigenvalue weighted by Gasteiger charge is 2.49. The average Bonchev–Trinajstić information content (AvgIpc) is 3.52. The number of hydrogen-bond donors (Lipinski definition) is 1. The summed E-state index contributed by atoms with van der Waals surface area (Å²) in [5.74, 6) is -0.797. The maximum absolute atomic E-state index is 13.1. The fourth-order valence-corrected chi connectivity index (χ4v) is 4.76. The summed E-state index contributed by atoms with van der Waals surface area (Å²) in [7, 11) is 1.57. The lowest BCUT2D eigenvalue weighted by Gasteiger charge is -2.20. The molecule has 1 atom stereocenters. The summed E-state index contributed by atoms with van der Waals surface area (Å²) in [5.41, 5.74) is 2.09. The van der Waals surface area contributed by atoms with Crippen LogP contribution in [0.25, 0.3) is 16.0 Å². The molecule has 4 aromatic rings. The number of thiazole rings is 1. The largest absolute Gasteiger partial charge is 0.507 e. The van der Waals surface area contributed by atoms with E-state index >= 15 is 0 Å². The first-order valence-electron chi connectivity index (χ1n) is 9.84. The molecular weight excluding hydrogens is 428 g/mol. The third-order valence-corrected chi connectivity index (χ3v) is 6.39. The number of carbonyl (C=O) groups excluding carboxylic acids is 2. The van der Waals surface area contributed by atoms with Crippen LogP contribution in [0.2, 0.25) is 0 Å². The smallest absolute Gasteiger partial charge is 0.302 e. The maximum atomic E-state index is 13.1. The van der Waals surface area contributed by atoms with Gasteiger partial charge >= 0.3 is 5.91 Å². The number of furan rings is 1. The predicted octanol–water partition coefficient (Wildman–Crippen LogP) is 4.83. The highest BCUT2D eigenvalue weighted by Crippen LogP contribution is 2.44. The predicted molar refractivity (Wildman–Crippen MR) is 121 cm³/mol. The fourth-order valence-electron chi connectivity index (χ4n) is 3.74. The van der Waals surface area contributed by atoms with Gasteiger partial charge in [-0.2, -0.15) is 0 Å². The molecule has 1 fully saturated rings. The maximum Gasteiger partial charge on any atom is 0.302 e. The van der Waals surface area contributed by atoms with Gasteiger partial charge in [-0.25, -0.2) is 4.98 Å². The monoisotopic (exact) mass is 446 g/mol. The molecule has 0 bridgehead atoms. The van der Waals surface area contributed by atoms with Crippen LogP contribution in [0.3, 0.4) is 0 Å². The molecule has 1 unspecified atom stereocenters. The lowest BCUT2D eigenvalue weighted by molar-refractivity contribution is -0.132. The van der Waals surface area contributed by atoms with E-state index in [0.717, 1.165) is 10.3 Å². The summed E-state index contributed by atoms with van der Waals surface area (Å²) in [5, 5.41) is 11.4. The van der Waals surface area contributed by atoms with Crippen LogP contribution in [0.1, 0.15) is 22.9 Å². The molecule has 3 heterocycles. The molecule has 0 radical (unpaired) electrons. The molecule has 1 aliphatic heterocycles. The first kappa shape index (κ1) is 20.0. The number of nitrogens with zero attached hydrogens (tertiary/aromatic N) is 2. The van der Waals surface area contributed by atoms with E-state index in [9.17, 15) is 14.7 Å². The third kappa shape index (κ3) is 3.16. The molecule has 1 N–H and O–H groups in total. The topological polar surface area (TPSA) is 92.9 Å². The minimum atomic E-state index is -0.936. The minimum absolute atomic E-state index is 0.0364. The van der Waals surface area contributed by atoms with Gasteiger partial charge in [0, 0.05) is 5.56 Å². The average molecular weight is 446 g/mol. The Labute approximate surface area is 187 Å². The molecule has 0 spiro atoms. The number of aliphatic hydroxyl groups is 1. The van der Waals surface area contributed by atoms with Gasteiger partial charge in [0.15, 0.2) is 5.13 Å². The van der Waals surface area contributed by atoms with Crippen molar-refractivity contribution in [3.63, 3.8) is 0 Å². The summed E-state index contributed by atoms with van der Waals surface area (Å²) in [6.07, 6.45) is 1.46. The van der Waals surface area contributed by atoms with Crippen LogP contribution in [0.5, 0.6) is 5.75 Å². The quantitative estimate of drug-likeness (QED) is 0.274. The van der Waals surface area contributed by atoms with E-state index in [4.69, 9.17) is 9.15 Å². The number of hydrogen-bond acceptors (Lipinski definition) is 7. The Morgan fingerprint density at radius 2 is 1.94 bits per heavy atom. The van der Waals surface area contributed by atoms with Crippen LogP contribution in [0.4, 0.5) is 5.13 Å². The molecule has 7 nitrogen and oxygen atoms in total. The number of rotatable bonds is 4. The van der Waals surface area contributed by atoms with Crippen LogP contribution in [-0.2, 0) is 9.59 Å². The Morgan fingerprint density at radius 3 is 2.62 bits per heavy atom.